The molecule has 1 N–H and O–H groups in total. The van der Waals surface area contributed by atoms with Crippen molar-refractivity contribution < 1.29 is 5.11 Å². The molecule has 2 aromatic carbocycles. The highest BCUT2D eigenvalue weighted by molar-refractivity contribution is 5.80. The molecular formula is C19H21NO. The zero-order valence-electron chi connectivity index (χ0n) is 12.5. The Bertz CT molecular complexity index is 715. The van der Waals surface area contributed by atoms with Gasteiger partial charge in [-0.3, -0.25) is 0 Å². The van der Waals surface area contributed by atoms with Crippen LogP contribution in [0.1, 0.15) is 25.5 Å². The van der Waals surface area contributed by atoms with E-state index >= 15 is 0 Å². The van der Waals surface area contributed by atoms with E-state index in [2.05, 4.69) is 54.9 Å². The van der Waals surface area contributed by atoms with Crippen LogP contribution in [-0.2, 0) is 0 Å². The Hall–Kier alpha value is -2.06. The standard InChI is InChI=1S/C19H21NO/c1-14(2)19(21)18(16-9-4-3-5-10-16)20-13-12-15-8-6-7-11-17(15)20/h3-14,18-19,21H,1-2H3. The molecule has 0 fully saturated rings. The molecule has 0 saturated heterocycles. The molecule has 0 aliphatic rings. The maximum Gasteiger partial charge on any atom is 0.0847 e. The second-order valence-corrected chi connectivity index (χ2v) is 5.87. The fraction of sp³-hybridized carbons (Fsp3) is 0.263. The molecule has 0 bridgehead atoms. The Labute approximate surface area is 125 Å². The molecule has 1 aromatic heterocycles. The number of hydrogen-bond acceptors (Lipinski definition) is 1. The summed E-state index contributed by atoms with van der Waals surface area (Å²) >= 11 is 0. The molecule has 0 aliphatic heterocycles. The van der Waals surface area contributed by atoms with Gasteiger partial charge in [0.05, 0.1) is 12.1 Å². The summed E-state index contributed by atoms with van der Waals surface area (Å²) in [5, 5.41) is 12.0. The largest absolute Gasteiger partial charge is 0.390 e. The molecule has 0 spiro atoms. The van der Waals surface area contributed by atoms with Gasteiger partial charge in [-0.05, 0) is 29.0 Å². The molecule has 21 heavy (non-hydrogen) atoms. The van der Waals surface area contributed by atoms with E-state index in [0.29, 0.717) is 0 Å². The molecule has 2 nitrogen and oxygen atoms in total. The first-order valence-electron chi connectivity index (χ1n) is 7.47. The smallest absolute Gasteiger partial charge is 0.0847 e. The first kappa shape index (κ1) is 13.9. The molecule has 2 unspecified atom stereocenters. The molecule has 0 aliphatic carbocycles. The van der Waals surface area contributed by atoms with Crippen LogP contribution in [0.3, 0.4) is 0 Å². The van der Waals surface area contributed by atoms with Gasteiger partial charge in [-0.1, -0.05) is 62.4 Å². The first-order chi connectivity index (χ1) is 10.2. The van der Waals surface area contributed by atoms with Crippen LogP contribution in [0.2, 0.25) is 0 Å². The lowest BCUT2D eigenvalue weighted by Gasteiger charge is -2.28. The fourth-order valence-electron chi connectivity index (χ4n) is 2.88. The van der Waals surface area contributed by atoms with E-state index in [1.54, 1.807) is 0 Å². The van der Waals surface area contributed by atoms with Gasteiger partial charge in [0.2, 0.25) is 0 Å². The molecule has 3 rings (SSSR count). The normalized spacial score (nSPS) is 14.5. The number of aliphatic hydroxyl groups is 1. The molecular weight excluding hydrogens is 258 g/mol. The van der Waals surface area contributed by atoms with E-state index in [-0.39, 0.29) is 12.0 Å². The summed E-state index contributed by atoms with van der Waals surface area (Å²) in [6.07, 6.45) is 1.65. The quantitative estimate of drug-likeness (QED) is 0.759. The maximum absolute atomic E-state index is 10.8. The van der Waals surface area contributed by atoms with Crippen LogP contribution in [0, 0.1) is 5.92 Å². The SMILES string of the molecule is CC(C)C(O)C(c1ccccc1)n1ccc2ccccc21. The molecule has 1 heterocycles. The van der Waals surface area contributed by atoms with Gasteiger partial charge in [0.15, 0.2) is 0 Å². The summed E-state index contributed by atoms with van der Waals surface area (Å²) in [6, 6.07) is 20.6. The monoisotopic (exact) mass is 279 g/mol. The minimum Gasteiger partial charge on any atom is -0.390 e. The van der Waals surface area contributed by atoms with Crippen LogP contribution >= 0.6 is 0 Å². The van der Waals surface area contributed by atoms with Gasteiger partial charge < -0.3 is 9.67 Å². The molecule has 0 radical (unpaired) electrons. The van der Waals surface area contributed by atoms with Crippen molar-refractivity contribution in [3.63, 3.8) is 0 Å². The lowest BCUT2D eigenvalue weighted by molar-refractivity contribution is 0.0868. The Morgan fingerprint density at radius 3 is 2.24 bits per heavy atom. The van der Waals surface area contributed by atoms with Gasteiger partial charge in [-0.25, -0.2) is 0 Å². The Morgan fingerprint density at radius 2 is 1.52 bits per heavy atom. The summed E-state index contributed by atoms with van der Waals surface area (Å²) in [5.74, 6) is 0.191. The van der Waals surface area contributed by atoms with Crippen LogP contribution in [0.15, 0.2) is 66.9 Å². The number of aliphatic hydroxyl groups excluding tert-OH is 1. The number of benzene rings is 2. The number of nitrogens with zero attached hydrogens (tertiary/aromatic N) is 1. The lowest BCUT2D eigenvalue weighted by atomic mass is 9.93. The van der Waals surface area contributed by atoms with Crippen LogP contribution in [0.4, 0.5) is 0 Å². The summed E-state index contributed by atoms with van der Waals surface area (Å²) in [4.78, 5) is 0. The van der Waals surface area contributed by atoms with Gasteiger partial charge >= 0.3 is 0 Å². The van der Waals surface area contributed by atoms with Gasteiger partial charge in [0, 0.05) is 11.7 Å². The average Bonchev–Trinajstić information content (AvgIpc) is 2.93. The van der Waals surface area contributed by atoms with Crippen molar-refractivity contribution in [2.45, 2.75) is 26.0 Å². The zero-order chi connectivity index (χ0) is 14.8. The van der Waals surface area contributed by atoms with Crippen molar-refractivity contribution >= 4 is 10.9 Å². The highest BCUT2D eigenvalue weighted by Gasteiger charge is 2.26. The van der Waals surface area contributed by atoms with E-state index in [9.17, 15) is 5.11 Å². The van der Waals surface area contributed by atoms with Crippen molar-refractivity contribution in [2.24, 2.45) is 5.92 Å². The van der Waals surface area contributed by atoms with Crippen molar-refractivity contribution in [1.82, 2.24) is 4.57 Å². The minimum atomic E-state index is -0.428. The molecule has 3 aromatic rings. The van der Waals surface area contributed by atoms with E-state index in [4.69, 9.17) is 0 Å². The topological polar surface area (TPSA) is 25.2 Å². The molecule has 2 heteroatoms. The Kier molecular flexibility index (Phi) is 3.80. The highest BCUT2D eigenvalue weighted by atomic mass is 16.3. The van der Waals surface area contributed by atoms with Crippen LogP contribution in [0.5, 0.6) is 0 Å². The predicted octanol–water partition coefficient (Wildman–Crippen LogP) is 4.25. The first-order valence-corrected chi connectivity index (χ1v) is 7.47. The fourth-order valence-corrected chi connectivity index (χ4v) is 2.88. The van der Waals surface area contributed by atoms with Crippen LogP contribution in [-0.4, -0.2) is 15.8 Å². The van der Waals surface area contributed by atoms with E-state index in [1.165, 1.54) is 5.39 Å². The van der Waals surface area contributed by atoms with E-state index in [0.717, 1.165) is 11.1 Å². The zero-order valence-corrected chi connectivity index (χ0v) is 12.5. The lowest BCUT2D eigenvalue weighted by Crippen LogP contribution is -2.29. The van der Waals surface area contributed by atoms with Crippen LogP contribution in [0.25, 0.3) is 10.9 Å². The Morgan fingerprint density at radius 1 is 0.857 bits per heavy atom. The number of para-hydroxylation sites is 1. The maximum atomic E-state index is 10.8. The van der Waals surface area contributed by atoms with Crippen LogP contribution < -0.4 is 0 Å². The molecule has 2 atom stereocenters. The number of rotatable bonds is 4. The summed E-state index contributed by atoms with van der Waals surface area (Å²) < 4.78 is 2.19. The average molecular weight is 279 g/mol. The van der Waals surface area contributed by atoms with E-state index in [1.807, 2.05) is 30.3 Å². The second kappa shape index (κ2) is 5.74. The molecule has 0 amide bonds. The number of aromatic nitrogens is 1. The predicted molar refractivity (Wildman–Crippen MR) is 87.4 cm³/mol. The van der Waals surface area contributed by atoms with Gasteiger partial charge in [-0.2, -0.15) is 0 Å². The van der Waals surface area contributed by atoms with Gasteiger partial charge in [0.1, 0.15) is 0 Å². The van der Waals surface area contributed by atoms with Crippen molar-refractivity contribution in [3.8, 4) is 0 Å². The number of hydrogen-bond donors (Lipinski definition) is 1. The third kappa shape index (κ3) is 2.59. The molecule has 0 saturated carbocycles. The van der Waals surface area contributed by atoms with Gasteiger partial charge in [0.25, 0.3) is 0 Å². The molecule has 108 valence electrons. The summed E-state index contributed by atoms with van der Waals surface area (Å²) in [7, 11) is 0. The highest BCUT2D eigenvalue weighted by Crippen LogP contribution is 2.30. The summed E-state index contributed by atoms with van der Waals surface area (Å²) in [6.45, 7) is 4.12. The minimum absolute atomic E-state index is 0.0638. The Balaban J connectivity index is 2.15. The van der Waals surface area contributed by atoms with Gasteiger partial charge in [-0.15, -0.1) is 0 Å². The number of fused-ring (bicyclic) bond motifs is 1. The van der Waals surface area contributed by atoms with Crippen molar-refractivity contribution in [2.75, 3.05) is 0 Å². The third-order valence-electron chi connectivity index (χ3n) is 4.08. The van der Waals surface area contributed by atoms with Crippen molar-refractivity contribution in [3.05, 3.63) is 72.4 Å². The third-order valence-corrected chi connectivity index (χ3v) is 4.08. The summed E-state index contributed by atoms with van der Waals surface area (Å²) in [5.41, 5.74) is 2.30. The van der Waals surface area contributed by atoms with Crippen molar-refractivity contribution in [1.29, 1.82) is 0 Å². The second-order valence-electron chi connectivity index (χ2n) is 5.87. The van der Waals surface area contributed by atoms with E-state index < -0.39 is 6.10 Å².